The highest BCUT2D eigenvalue weighted by Gasteiger charge is 2.35. The van der Waals surface area contributed by atoms with Gasteiger partial charge < -0.3 is 4.74 Å². The molecule has 1 aromatic rings. The molecule has 1 fully saturated rings. The molecule has 92 valence electrons. The monoisotopic (exact) mass is 241 g/mol. The standard InChI is InChI=1S/C12H13F2NO2/c13-11(14)10-6-7-17-12(16)15(10)8-9-4-2-1-3-5-9/h1-5,10-11H,6-8H2/t10-/m0/s1. The highest BCUT2D eigenvalue weighted by atomic mass is 19.3. The normalized spacial score (nSPS) is 20.5. The third-order valence-electron chi connectivity index (χ3n) is 2.76. The second-order valence-electron chi connectivity index (χ2n) is 3.92. The summed E-state index contributed by atoms with van der Waals surface area (Å²) < 4.78 is 30.4. The highest BCUT2D eigenvalue weighted by molar-refractivity contribution is 5.68. The second kappa shape index (κ2) is 5.12. The molecule has 1 aliphatic heterocycles. The molecule has 5 heteroatoms. The molecule has 0 aliphatic carbocycles. The molecule has 0 spiro atoms. The molecule has 2 rings (SSSR count). The molecule has 0 bridgehead atoms. The lowest BCUT2D eigenvalue weighted by Gasteiger charge is -2.34. The number of hydrogen-bond donors (Lipinski definition) is 0. The molecule has 0 N–H and O–H groups in total. The van der Waals surface area contributed by atoms with Crippen molar-refractivity contribution < 1.29 is 18.3 Å². The summed E-state index contributed by atoms with van der Waals surface area (Å²) in [5.41, 5.74) is 0.817. The van der Waals surface area contributed by atoms with Crippen LogP contribution in [-0.4, -0.2) is 30.1 Å². The largest absolute Gasteiger partial charge is 0.449 e. The van der Waals surface area contributed by atoms with Crippen molar-refractivity contribution in [3.05, 3.63) is 35.9 Å². The lowest BCUT2D eigenvalue weighted by Crippen LogP contribution is -2.48. The van der Waals surface area contributed by atoms with E-state index in [9.17, 15) is 13.6 Å². The quantitative estimate of drug-likeness (QED) is 0.814. The Morgan fingerprint density at radius 2 is 2.06 bits per heavy atom. The first-order chi connectivity index (χ1) is 8.18. The summed E-state index contributed by atoms with van der Waals surface area (Å²) in [7, 11) is 0. The van der Waals surface area contributed by atoms with Crippen molar-refractivity contribution in [3.63, 3.8) is 0 Å². The minimum atomic E-state index is -2.54. The Labute approximate surface area is 98.0 Å². The lowest BCUT2D eigenvalue weighted by molar-refractivity contribution is -0.0250. The van der Waals surface area contributed by atoms with Crippen molar-refractivity contribution in [2.24, 2.45) is 0 Å². The summed E-state index contributed by atoms with van der Waals surface area (Å²) >= 11 is 0. The molecule has 1 heterocycles. The number of ether oxygens (including phenoxy) is 1. The minimum Gasteiger partial charge on any atom is -0.449 e. The van der Waals surface area contributed by atoms with Crippen molar-refractivity contribution in [1.82, 2.24) is 4.90 Å². The molecule has 0 unspecified atom stereocenters. The van der Waals surface area contributed by atoms with Crippen LogP contribution in [0.4, 0.5) is 13.6 Å². The van der Waals surface area contributed by atoms with E-state index in [4.69, 9.17) is 4.74 Å². The van der Waals surface area contributed by atoms with Gasteiger partial charge in [0.1, 0.15) is 0 Å². The predicted octanol–water partition coefficient (Wildman–Crippen LogP) is 2.66. The van der Waals surface area contributed by atoms with Gasteiger partial charge >= 0.3 is 6.09 Å². The van der Waals surface area contributed by atoms with Crippen LogP contribution >= 0.6 is 0 Å². The lowest BCUT2D eigenvalue weighted by atomic mass is 10.1. The van der Waals surface area contributed by atoms with E-state index in [2.05, 4.69) is 0 Å². The van der Waals surface area contributed by atoms with Crippen LogP contribution in [0.5, 0.6) is 0 Å². The van der Waals surface area contributed by atoms with Gasteiger partial charge in [0.2, 0.25) is 0 Å². The van der Waals surface area contributed by atoms with E-state index in [0.717, 1.165) is 10.5 Å². The molecule has 1 amide bonds. The van der Waals surface area contributed by atoms with E-state index in [0.29, 0.717) is 0 Å². The zero-order valence-corrected chi connectivity index (χ0v) is 9.18. The van der Waals surface area contributed by atoms with Crippen LogP contribution in [0, 0.1) is 0 Å². The molecular formula is C12H13F2NO2. The summed E-state index contributed by atoms with van der Waals surface area (Å²) in [4.78, 5) is 12.6. The van der Waals surface area contributed by atoms with E-state index < -0.39 is 18.6 Å². The van der Waals surface area contributed by atoms with Gasteiger partial charge in [-0.15, -0.1) is 0 Å². The number of nitrogens with zero attached hydrogens (tertiary/aromatic N) is 1. The number of alkyl halides is 2. The molecule has 0 aromatic heterocycles. The van der Waals surface area contributed by atoms with Crippen LogP contribution in [0.3, 0.4) is 0 Å². The van der Waals surface area contributed by atoms with E-state index in [1.165, 1.54) is 0 Å². The van der Waals surface area contributed by atoms with Gasteiger partial charge in [-0.25, -0.2) is 13.6 Å². The predicted molar refractivity (Wildman–Crippen MR) is 57.7 cm³/mol. The Morgan fingerprint density at radius 3 is 2.71 bits per heavy atom. The first kappa shape index (κ1) is 11.8. The van der Waals surface area contributed by atoms with Crippen LogP contribution in [0.15, 0.2) is 30.3 Å². The van der Waals surface area contributed by atoms with Crippen LogP contribution in [0.2, 0.25) is 0 Å². The first-order valence-electron chi connectivity index (χ1n) is 5.44. The molecular weight excluding hydrogens is 228 g/mol. The van der Waals surface area contributed by atoms with Gasteiger partial charge in [0, 0.05) is 13.0 Å². The number of cyclic esters (lactones) is 1. The molecule has 1 aliphatic rings. The number of rotatable bonds is 3. The fourth-order valence-electron chi connectivity index (χ4n) is 1.87. The summed E-state index contributed by atoms with van der Waals surface area (Å²) in [6, 6.07) is 8.00. The van der Waals surface area contributed by atoms with Crippen LogP contribution < -0.4 is 0 Å². The number of halogens is 2. The van der Waals surface area contributed by atoms with Crippen molar-refractivity contribution in [2.75, 3.05) is 6.61 Å². The minimum absolute atomic E-state index is 0.0686. The molecule has 1 saturated heterocycles. The van der Waals surface area contributed by atoms with Gasteiger partial charge in [-0.2, -0.15) is 0 Å². The molecule has 0 radical (unpaired) electrons. The average Bonchev–Trinajstić information content (AvgIpc) is 2.33. The Balaban J connectivity index is 2.12. The molecule has 3 nitrogen and oxygen atoms in total. The zero-order chi connectivity index (χ0) is 12.3. The van der Waals surface area contributed by atoms with Gasteiger partial charge in [0.05, 0.1) is 12.6 Å². The Bertz CT molecular complexity index is 383. The van der Waals surface area contributed by atoms with Gasteiger partial charge in [0.15, 0.2) is 0 Å². The fourth-order valence-corrected chi connectivity index (χ4v) is 1.87. The van der Waals surface area contributed by atoms with Crippen LogP contribution in [0.25, 0.3) is 0 Å². The first-order valence-corrected chi connectivity index (χ1v) is 5.44. The average molecular weight is 241 g/mol. The van der Waals surface area contributed by atoms with E-state index >= 15 is 0 Å². The maximum atomic E-state index is 12.8. The topological polar surface area (TPSA) is 29.5 Å². The van der Waals surface area contributed by atoms with E-state index in [1.807, 2.05) is 18.2 Å². The summed E-state index contributed by atoms with van der Waals surface area (Å²) in [5.74, 6) is 0. The molecule has 1 aromatic carbocycles. The fraction of sp³-hybridized carbons (Fsp3) is 0.417. The van der Waals surface area contributed by atoms with Gasteiger partial charge in [0.25, 0.3) is 6.43 Å². The number of carbonyl (C=O) groups is 1. The number of benzene rings is 1. The second-order valence-corrected chi connectivity index (χ2v) is 3.92. The summed E-state index contributed by atoms with van der Waals surface area (Å²) in [6.07, 6.45) is -3.02. The van der Waals surface area contributed by atoms with Gasteiger partial charge in [-0.1, -0.05) is 30.3 Å². The van der Waals surface area contributed by atoms with Crippen molar-refractivity contribution >= 4 is 6.09 Å². The zero-order valence-electron chi connectivity index (χ0n) is 9.18. The maximum absolute atomic E-state index is 12.8. The van der Waals surface area contributed by atoms with Crippen molar-refractivity contribution in [2.45, 2.75) is 25.4 Å². The van der Waals surface area contributed by atoms with Crippen molar-refractivity contribution in [1.29, 1.82) is 0 Å². The SMILES string of the molecule is O=C1OCC[C@@H](C(F)F)N1Cc1ccccc1. The Kier molecular flexibility index (Phi) is 3.56. The summed E-state index contributed by atoms with van der Waals surface area (Å²) in [5, 5.41) is 0. The highest BCUT2D eigenvalue weighted by Crippen LogP contribution is 2.22. The third kappa shape index (κ3) is 2.72. The van der Waals surface area contributed by atoms with Gasteiger partial charge in [-0.05, 0) is 5.56 Å². The Hall–Kier alpha value is -1.65. The number of amides is 1. The van der Waals surface area contributed by atoms with Crippen LogP contribution in [0.1, 0.15) is 12.0 Å². The van der Waals surface area contributed by atoms with E-state index in [-0.39, 0.29) is 19.6 Å². The van der Waals surface area contributed by atoms with Crippen molar-refractivity contribution in [3.8, 4) is 0 Å². The summed E-state index contributed by atoms with van der Waals surface area (Å²) in [6.45, 7) is 0.230. The van der Waals surface area contributed by atoms with Gasteiger partial charge in [-0.3, -0.25) is 4.90 Å². The maximum Gasteiger partial charge on any atom is 0.410 e. The smallest absolute Gasteiger partial charge is 0.410 e. The Morgan fingerprint density at radius 1 is 1.35 bits per heavy atom. The number of hydrogen-bond acceptors (Lipinski definition) is 2. The molecule has 0 saturated carbocycles. The molecule has 17 heavy (non-hydrogen) atoms. The van der Waals surface area contributed by atoms with E-state index in [1.54, 1.807) is 12.1 Å². The third-order valence-corrected chi connectivity index (χ3v) is 2.76. The number of carbonyl (C=O) groups excluding carboxylic acids is 1. The van der Waals surface area contributed by atoms with Crippen LogP contribution in [-0.2, 0) is 11.3 Å². The molecule has 1 atom stereocenters.